The Hall–Kier alpha value is -0.570. The first-order valence-electron chi connectivity index (χ1n) is 7.18. The maximum absolute atomic E-state index is 12.2. The number of piperidine rings is 1. The Balaban J connectivity index is 1.79. The smallest absolute Gasteiger partial charge is 0.224 e. The molecular weight excluding hydrogens is 212 g/mol. The average molecular weight is 238 g/mol. The van der Waals surface area contributed by atoms with Crippen LogP contribution in [0.15, 0.2) is 0 Å². The van der Waals surface area contributed by atoms with Crippen LogP contribution in [-0.2, 0) is 4.79 Å². The van der Waals surface area contributed by atoms with Gasteiger partial charge in [0.25, 0.3) is 0 Å². The van der Waals surface area contributed by atoms with E-state index in [1.54, 1.807) is 0 Å². The van der Waals surface area contributed by atoms with Crippen LogP contribution in [0.3, 0.4) is 0 Å². The number of carbonyl (C=O) groups is 1. The van der Waals surface area contributed by atoms with Gasteiger partial charge >= 0.3 is 0 Å². The van der Waals surface area contributed by atoms with E-state index in [9.17, 15) is 4.79 Å². The van der Waals surface area contributed by atoms with E-state index in [0.29, 0.717) is 17.9 Å². The lowest BCUT2D eigenvalue weighted by Gasteiger charge is -2.29. The Morgan fingerprint density at radius 1 is 1.29 bits per heavy atom. The fraction of sp³-hybridized carbons (Fsp3) is 0.929. The molecule has 1 aliphatic heterocycles. The topological polar surface area (TPSA) is 41.1 Å². The highest BCUT2D eigenvalue weighted by atomic mass is 16.2. The first-order chi connectivity index (χ1) is 8.16. The van der Waals surface area contributed by atoms with Crippen LogP contribution in [0.1, 0.15) is 46.0 Å². The van der Waals surface area contributed by atoms with Crippen LogP contribution in [0.5, 0.6) is 0 Å². The fourth-order valence-electron chi connectivity index (χ4n) is 3.27. The van der Waals surface area contributed by atoms with Crippen molar-refractivity contribution < 1.29 is 4.79 Å². The molecule has 0 aromatic heterocycles. The molecule has 3 atom stereocenters. The van der Waals surface area contributed by atoms with E-state index in [-0.39, 0.29) is 11.8 Å². The molecule has 2 aliphatic rings. The molecule has 0 spiro atoms. The Kier molecular flexibility index (Phi) is 4.43. The molecule has 0 aromatic rings. The summed E-state index contributed by atoms with van der Waals surface area (Å²) < 4.78 is 0. The summed E-state index contributed by atoms with van der Waals surface area (Å²) in [7, 11) is 0. The average Bonchev–Trinajstić information content (AvgIpc) is 2.82. The van der Waals surface area contributed by atoms with Crippen molar-refractivity contribution in [2.45, 2.75) is 52.0 Å². The summed E-state index contributed by atoms with van der Waals surface area (Å²) >= 11 is 0. The molecule has 2 rings (SSSR count). The Morgan fingerprint density at radius 3 is 2.65 bits per heavy atom. The number of amides is 1. The standard InChI is InChI=1S/C14H26N2O/c1-10-7-13(9-15-8-10)14(17)16-11(2)12-5-3-4-6-12/h10-13,15H,3-9H2,1-2H3,(H,16,17). The molecule has 1 aliphatic carbocycles. The van der Waals surface area contributed by atoms with Gasteiger partial charge in [-0.05, 0) is 44.6 Å². The molecule has 3 nitrogen and oxygen atoms in total. The van der Waals surface area contributed by atoms with Gasteiger partial charge in [-0.1, -0.05) is 19.8 Å². The lowest BCUT2D eigenvalue weighted by atomic mass is 9.90. The van der Waals surface area contributed by atoms with Crippen molar-refractivity contribution in [2.24, 2.45) is 17.8 Å². The summed E-state index contributed by atoms with van der Waals surface area (Å²) in [6, 6.07) is 0.363. The molecule has 2 fully saturated rings. The third-order valence-corrected chi connectivity index (χ3v) is 4.42. The zero-order valence-electron chi connectivity index (χ0n) is 11.2. The number of rotatable bonds is 3. The van der Waals surface area contributed by atoms with E-state index in [2.05, 4.69) is 24.5 Å². The monoisotopic (exact) mass is 238 g/mol. The van der Waals surface area contributed by atoms with Crippen molar-refractivity contribution in [1.82, 2.24) is 10.6 Å². The molecule has 0 aromatic carbocycles. The van der Waals surface area contributed by atoms with Crippen LogP contribution in [-0.4, -0.2) is 25.0 Å². The zero-order valence-corrected chi connectivity index (χ0v) is 11.2. The molecule has 3 heteroatoms. The molecule has 1 saturated carbocycles. The van der Waals surface area contributed by atoms with Gasteiger partial charge in [-0.25, -0.2) is 0 Å². The fourth-order valence-corrected chi connectivity index (χ4v) is 3.27. The summed E-state index contributed by atoms with van der Waals surface area (Å²) in [5.41, 5.74) is 0. The molecule has 1 saturated heterocycles. The van der Waals surface area contributed by atoms with Gasteiger partial charge in [-0.3, -0.25) is 4.79 Å². The summed E-state index contributed by atoms with van der Waals surface area (Å²) in [6.45, 7) is 6.30. The highest BCUT2D eigenvalue weighted by Gasteiger charge is 2.28. The first-order valence-corrected chi connectivity index (χ1v) is 7.18. The highest BCUT2D eigenvalue weighted by Crippen LogP contribution is 2.27. The number of hydrogen-bond acceptors (Lipinski definition) is 2. The van der Waals surface area contributed by atoms with E-state index in [4.69, 9.17) is 0 Å². The lowest BCUT2D eigenvalue weighted by Crippen LogP contribution is -2.47. The maximum atomic E-state index is 12.2. The van der Waals surface area contributed by atoms with E-state index in [1.807, 2.05) is 0 Å². The summed E-state index contributed by atoms with van der Waals surface area (Å²) in [5.74, 6) is 1.79. The maximum Gasteiger partial charge on any atom is 0.224 e. The molecule has 1 amide bonds. The largest absolute Gasteiger partial charge is 0.353 e. The van der Waals surface area contributed by atoms with E-state index in [0.717, 1.165) is 19.5 Å². The van der Waals surface area contributed by atoms with Crippen molar-refractivity contribution in [3.63, 3.8) is 0 Å². The van der Waals surface area contributed by atoms with Crippen LogP contribution in [0.25, 0.3) is 0 Å². The SMILES string of the molecule is CC1CNCC(C(=O)NC(C)C2CCCC2)C1. The molecule has 3 unspecified atom stereocenters. The predicted octanol–water partition coefficient (Wildman–Crippen LogP) is 1.93. The molecule has 1 heterocycles. The quantitative estimate of drug-likeness (QED) is 0.789. The number of hydrogen-bond donors (Lipinski definition) is 2. The summed E-state index contributed by atoms with van der Waals surface area (Å²) in [6.07, 6.45) is 6.30. The second-order valence-corrected chi connectivity index (χ2v) is 6.04. The van der Waals surface area contributed by atoms with Crippen molar-refractivity contribution in [3.05, 3.63) is 0 Å². The molecule has 0 radical (unpaired) electrons. The third kappa shape index (κ3) is 3.44. The zero-order chi connectivity index (χ0) is 12.3. The van der Waals surface area contributed by atoms with Crippen LogP contribution in [0.4, 0.5) is 0 Å². The van der Waals surface area contributed by atoms with Gasteiger partial charge in [0.05, 0.1) is 5.92 Å². The number of nitrogens with one attached hydrogen (secondary N) is 2. The normalized spacial score (nSPS) is 32.4. The van der Waals surface area contributed by atoms with Gasteiger partial charge in [-0.2, -0.15) is 0 Å². The van der Waals surface area contributed by atoms with Gasteiger partial charge in [-0.15, -0.1) is 0 Å². The minimum absolute atomic E-state index is 0.183. The van der Waals surface area contributed by atoms with Crippen LogP contribution in [0, 0.1) is 17.8 Å². The minimum Gasteiger partial charge on any atom is -0.353 e. The first kappa shape index (κ1) is 12.9. The van der Waals surface area contributed by atoms with Crippen LogP contribution >= 0.6 is 0 Å². The molecular formula is C14H26N2O. The minimum atomic E-state index is 0.183. The van der Waals surface area contributed by atoms with Gasteiger partial charge in [0.2, 0.25) is 5.91 Å². The molecule has 17 heavy (non-hydrogen) atoms. The molecule has 2 N–H and O–H groups in total. The third-order valence-electron chi connectivity index (χ3n) is 4.42. The summed E-state index contributed by atoms with van der Waals surface area (Å²) in [4.78, 5) is 12.2. The molecule has 0 bridgehead atoms. The van der Waals surface area contributed by atoms with Crippen molar-refractivity contribution in [1.29, 1.82) is 0 Å². The van der Waals surface area contributed by atoms with Crippen molar-refractivity contribution in [2.75, 3.05) is 13.1 Å². The summed E-state index contributed by atoms with van der Waals surface area (Å²) in [5, 5.41) is 6.58. The van der Waals surface area contributed by atoms with Gasteiger partial charge < -0.3 is 10.6 Å². The van der Waals surface area contributed by atoms with Gasteiger partial charge in [0.15, 0.2) is 0 Å². The Morgan fingerprint density at radius 2 is 2.00 bits per heavy atom. The van der Waals surface area contributed by atoms with E-state index in [1.165, 1.54) is 25.7 Å². The van der Waals surface area contributed by atoms with Crippen molar-refractivity contribution >= 4 is 5.91 Å². The predicted molar refractivity (Wildman–Crippen MR) is 69.7 cm³/mol. The lowest BCUT2D eigenvalue weighted by molar-refractivity contribution is -0.126. The highest BCUT2D eigenvalue weighted by molar-refractivity contribution is 5.79. The second kappa shape index (κ2) is 5.85. The van der Waals surface area contributed by atoms with Crippen LogP contribution in [0.2, 0.25) is 0 Å². The Labute approximate surface area is 105 Å². The Bertz CT molecular complexity index is 261. The van der Waals surface area contributed by atoms with E-state index < -0.39 is 0 Å². The second-order valence-electron chi connectivity index (χ2n) is 6.04. The van der Waals surface area contributed by atoms with Crippen molar-refractivity contribution in [3.8, 4) is 0 Å². The van der Waals surface area contributed by atoms with E-state index >= 15 is 0 Å². The van der Waals surface area contributed by atoms with Gasteiger partial charge in [0.1, 0.15) is 0 Å². The van der Waals surface area contributed by atoms with Gasteiger partial charge in [0, 0.05) is 12.6 Å². The number of carbonyl (C=O) groups excluding carboxylic acids is 1. The van der Waals surface area contributed by atoms with Crippen LogP contribution < -0.4 is 10.6 Å². The molecule has 98 valence electrons.